The second-order valence-corrected chi connectivity index (χ2v) is 14.5. The fourth-order valence-corrected chi connectivity index (χ4v) is 7.33. The van der Waals surface area contributed by atoms with Gasteiger partial charge in [0.05, 0.1) is 19.3 Å². The Morgan fingerprint density at radius 2 is 1.48 bits per heavy atom. The van der Waals surface area contributed by atoms with Crippen LogP contribution in [-0.4, -0.2) is 55.7 Å². The lowest BCUT2D eigenvalue weighted by Crippen LogP contribution is -2.33. The van der Waals surface area contributed by atoms with E-state index >= 15 is 0 Å². The van der Waals surface area contributed by atoms with Crippen molar-refractivity contribution in [2.24, 2.45) is 17.8 Å². The molecule has 0 aromatic heterocycles. The molecule has 3 aromatic carbocycles. The molecule has 0 bridgehead atoms. The van der Waals surface area contributed by atoms with Crippen molar-refractivity contribution in [2.45, 2.75) is 85.8 Å². The van der Waals surface area contributed by atoms with Crippen molar-refractivity contribution in [3.63, 3.8) is 0 Å². The smallest absolute Gasteiger partial charge is 0.231 e. The van der Waals surface area contributed by atoms with Gasteiger partial charge >= 0.3 is 0 Å². The number of carbonyl (C=O) groups excluding carboxylic acids is 2. The van der Waals surface area contributed by atoms with Gasteiger partial charge in [-0.2, -0.15) is 0 Å². The third kappa shape index (κ3) is 8.86. The van der Waals surface area contributed by atoms with E-state index < -0.39 is 0 Å². The van der Waals surface area contributed by atoms with Crippen molar-refractivity contribution in [2.75, 3.05) is 33.1 Å². The van der Waals surface area contributed by atoms with Gasteiger partial charge in [-0.3, -0.25) is 14.5 Å². The Kier molecular flexibility index (Phi) is 12.0. The molecule has 0 spiro atoms. The van der Waals surface area contributed by atoms with Crippen LogP contribution in [0.1, 0.15) is 88.2 Å². The Hall–Kier alpha value is -3.68. The molecule has 2 heterocycles. The lowest BCUT2D eigenvalue weighted by atomic mass is 9.80. The molecule has 0 amide bonds. The van der Waals surface area contributed by atoms with E-state index in [2.05, 4.69) is 50.8 Å². The van der Waals surface area contributed by atoms with Crippen LogP contribution >= 0.6 is 0 Å². The highest BCUT2D eigenvalue weighted by atomic mass is 16.7. The van der Waals surface area contributed by atoms with Crippen LogP contribution in [0, 0.1) is 17.8 Å². The Labute approximate surface area is 286 Å². The molecule has 3 aromatic rings. The SMILES string of the molecule is CC(=O)[C@@H]1[C@@H](c2ccc3c(c2)OCO3)CN(CC(=O)Cc2c(CC(C)C)cccc2CC(C)C)[C@H]1c1ccc(OCCOC(C)C)cc1. The molecule has 3 atom stereocenters. The van der Waals surface area contributed by atoms with Gasteiger partial charge in [-0.25, -0.2) is 0 Å². The van der Waals surface area contributed by atoms with E-state index in [1.165, 1.54) is 16.7 Å². The predicted molar refractivity (Wildman–Crippen MR) is 189 cm³/mol. The average molecular weight is 656 g/mol. The second kappa shape index (κ2) is 16.1. The summed E-state index contributed by atoms with van der Waals surface area (Å²) in [4.78, 5) is 29.9. The quantitative estimate of drug-likeness (QED) is 0.146. The number of hydrogen-bond acceptors (Lipinski definition) is 7. The number of ketones is 2. The van der Waals surface area contributed by atoms with E-state index in [0.29, 0.717) is 49.5 Å². The highest BCUT2D eigenvalue weighted by Crippen LogP contribution is 2.48. The van der Waals surface area contributed by atoms with Gasteiger partial charge in [0.2, 0.25) is 6.79 Å². The third-order valence-electron chi connectivity index (χ3n) is 9.30. The minimum absolute atomic E-state index is 0.102. The zero-order valence-electron chi connectivity index (χ0n) is 29.8. The van der Waals surface area contributed by atoms with E-state index in [9.17, 15) is 9.59 Å². The molecule has 0 saturated carbocycles. The predicted octanol–water partition coefficient (Wildman–Crippen LogP) is 7.77. The van der Waals surface area contributed by atoms with Crippen LogP contribution in [0.15, 0.2) is 60.7 Å². The lowest BCUT2D eigenvalue weighted by molar-refractivity contribution is -0.123. The average Bonchev–Trinajstić information content (AvgIpc) is 3.65. The van der Waals surface area contributed by atoms with Crippen LogP contribution in [0.3, 0.4) is 0 Å². The molecular formula is C41H53NO6. The molecular weight excluding hydrogens is 602 g/mol. The standard InChI is InChI=1S/C41H53NO6/c1-26(2)19-31-9-8-10-32(20-27(3)4)36(31)22-34(44)23-42-24-37(33-13-16-38-39(21-33)48-25-47-38)40(29(7)43)41(42)30-11-14-35(15-12-30)46-18-17-45-28(5)6/h8-16,21,26-28,37,40-41H,17-20,22-25H2,1-7H3/t37-,40-,41+/m1/s1. The number of carbonyl (C=O) groups is 2. The van der Waals surface area contributed by atoms with Crippen LogP contribution in [0.2, 0.25) is 0 Å². The van der Waals surface area contributed by atoms with Crippen molar-refractivity contribution >= 4 is 11.6 Å². The number of benzene rings is 3. The number of hydrogen-bond donors (Lipinski definition) is 0. The molecule has 1 fully saturated rings. The van der Waals surface area contributed by atoms with Gasteiger partial charge < -0.3 is 18.9 Å². The van der Waals surface area contributed by atoms with Gasteiger partial charge in [0, 0.05) is 30.8 Å². The Morgan fingerprint density at radius 3 is 2.10 bits per heavy atom. The van der Waals surface area contributed by atoms with Crippen molar-refractivity contribution in [3.05, 3.63) is 88.5 Å². The van der Waals surface area contributed by atoms with E-state index in [-0.39, 0.29) is 48.9 Å². The number of rotatable bonds is 16. The third-order valence-corrected chi connectivity index (χ3v) is 9.30. The highest BCUT2D eigenvalue weighted by molar-refractivity contribution is 5.85. The summed E-state index contributed by atoms with van der Waals surface area (Å²) in [6.07, 6.45) is 2.42. The van der Waals surface area contributed by atoms with E-state index in [1.807, 2.05) is 56.3 Å². The number of nitrogens with zero attached hydrogens (tertiary/aromatic N) is 1. The summed E-state index contributed by atoms with van der Waals surface area (Å²) in [6.45, 7) is 16.6. The van der Waals surface area contributed by atoms with Gasteiger partial charge in [-0.15, -0.1) is 0 Å². The van der Waals surface area contributed by atoms with Gasteiger partial charge in [-0.05, 0) is 97.5 Å². The largest absolute Gasteiger partial charge is 0.491 e. The maximum Gasteiger partial charge on any atom is 0.231 e. The number of Topliss-reactive ketones (excluding diaryl/α,β-unsaturated/α-hetero) is 2. The maximum atomic E-state index is 14.1. The first-order chi connectivity index (χ1) is 23.0. The van der Waals surface area contributed by atoms with Gasteiger partial charge in [0.1, 0.15) is 18.1 Å². The van der Waals surface area contributed by atoms with Crippen LogP contribution in [0.25, 0.3) is 0 Å². The monoisotopic (exact) mass is 655 g/mol. The molecule has 258 valence electrons. The summed E-state index contributed by atoms with van der Waals surface area (Å²) >= 11 is 0. The van der Waals surface area contributed by atoms with E-state index in [4.69, 9.17) is 18.9 Å². The second-order valence-electron chi connectivity index (χ2n) is 14.5. The van der Waals surface area contributed by atoms with Crippen LogP contribution in [0.4, 0.5) is 0 Å². The molecule has 7 heteroatoms. The Balaban J connectivity index is 1.44. The topological polar surface area (TPSA) is 74.3 Å². The summed E-state index contributed by atoms with van der Waals surface area (Å²) in [6, 6.07) is 20.2. The molecule has 2 aliphatic rings. The van der Waals surface area contributed by atoms with Crippen LogP contribution in [0.5, 0.6) is 17.2 Å². The van der Waals surface area contributed by atoms with Gasteiger partial charge in [-0.1, -0.05) is 64.1 Å². The normalized spacial score (nSPS) is 19.1. The number of ether oxygens (including phenoxy) is 4. The fraction of sp³-hybridized carbons (Fsp3) is 0.512. The zero-order valence-corrected chi connectivity index (χ0v) is 29.8. The van der Waals surface area contributed by atoms with Gasteiger partial charge in [0.25, 0.3) is 0 Å². The minimum Gasteiger partial charge on any atom is -0.491 e. The summed E-state index contributed by atoms with van der Waals surface area (Å²) in [5, 5.41) is 0. The fourth-order valence-electron chi connectivity index (χ4n) is 7.33. The zero-order chi connectivity index (χ0) is 34.4. The van der Waals surface area contributed by atoms with Crippen LogP contribution < -0.4 is 14.2 Å². The number of fused-ring (bicyclic) bond motifs is 1. The van der Waals surface area contributed by atoms with Crippen molar-refractivity contribution in [3.8, 4) is 17.2 Å². The van der Waals surface area contributed by atoms with Crippen molar-refractivity contribution in [1.82, 2.24) is 4.90 Å². The first-order valence-electron chi connectivity index (χ1n) is 17.6. The Morgan fingerprint density at radius 1 is 0.833 bits per heavy atom. The highest BCUT2D eigenvalue weighted by Gasteiger charge is 2.46. The molecule has 5 rings (SSSR count). The molecule has 0 aliphatic carbocycles. The summed E-state index contributed by atoms with van der Waals surface area (Å²) in [5.41, 5.74) is 5.73. The first kappa shape index (κ1) is 35.6. The molecule has 2 aliphatic heterocycles. The molecule has 0 unspecified atom stereocenters. The minimum atomic E-state index is -0.339. The summed E-state index contributed by atoms with van der Waals surface area (Å²) in [5.74, 6) is 2.96. The van der Waals surface area contributed by atoms with E-state index in [0.717, 1.165) is 29.7 Å². The summed E-state index contributed by atoms with van der Waals surface area (Å²) in [7, 11) is 0. The molecule has 7 nitrogen and oxygen atoms in total. The lowest BCUT2D eigenvalue weighted by Gasteiger charge is -2.28. The van der Waals surface area contributed by atoms with Crippen LogP contribution in [-0.2, 0) is 33.6 Å². The van der Waals surface area contributed by atoms with E-state index in [1.54, 1.807) is 6.92 Å². The van der Waals surface area contributed by atoms with Gasteiger partial charge in [0.15, 0.2) is 17.3 Å². The molecule has 1 saturated heterocycles. The van der Waals surface area contributed by atoms with Crippen molar-refractivity contribution in [1.29, 1.82) is 0 Å². The number of likely N-dealkylation sites (tertiary alicyclic amines) is 1. The summed E-state index contributed by atoms with van der Waals surface area (Å²) < 4.78 is 22.8. The molecule has 0 N–H and O–H groups in total. The molecule has 48 heavy (non-hydrogen) atoms. The Bertz CT molecular complexity index is 1520. The van der Waals surface area contributed by atoms with Crippen molar-refractivity contribution < 1.29 is 28.5 Å². The maximum absolute atomic E-state index is 14.1. The first-order valence-corrected chi connectivity index (χ1v) is 17.6. The molecule has 0 radical (unpaired) electrons.